The van der Waals surface area contributed by atoms with Crippen molar-refractivity contribution < 1.29 is 19.1 Å². The van der Waals surface area contributed by atoms with Gasteiger partial charge in [0.1, 0.15) is 17.4 Å². The van der Waals surface area contributed by atoms with E-state index in [1.54, 1.807) is 19.1 Å². The minimum Gasteiger partial charge on any atom is -0.484 e. The van der Waals surface area contributed by atoms with Crippen LogP contribution in [0.25, 0.3) is 0 Å². The number of halogens is 1. The molecule has 0 spiro atoms. The summed E-state index contributed by atoms with van der Waals surface area (Å²) in [7, 11) is 0. The van der Waals surface area contributed by atoms with Crippen molar-refractivity contribution in [3.8, 4) is 5.75 Å². The van der Waals surface area contributed by atoms with Gasteiger partial charge in [0.25, 0.3) is 0 Å². The lowest BCUT2D eigenvalue weighted by atomic mass is 10.1. The molecule has 0 unspecified atom stereocenters. The smallest absolute Gasteiger partial charge is 0.341 e. The molecule has 35 heavy (non-hydrogen) atoms. The van der Waals surface area contributed by atoms with Crippen LogP contribution >= 0.6 is 34.7 Å². The fourth-order valence-electron chi connectivity index (χ4n) is 3.17. The molecule has 0 radical (unpaired) electrons. The van der Waals surface area contributed by atoms with Crippen LogP contribution in [0.4, 0.5) is 5.00 Å². The van der Waals surface area contributed by atoms with Crippen LogP contribution in [0.5, 0.6) is 5.75 Å². The number of rotatable bonds is 11. The average Bonchev–Trinajstić information content (AvgIpc) is 3.32. The van der Waals surface area contributed by atoms with Crippen molar-refractivity contribution >= 4 is 51.6 Å². The summed E-state index contributed by atoms with van der Waals surface area (Å²) in [6.45, 7) is 12.1. The monoisotopic (exact) mass is 534 g/mol. The van der Waals surface area contributed by atoms with Gasteiger partial charge in [-0.25, -0.2) is 4.79 Å². The number of ether oxygens (including phenoxy) is 2. The molecule has 0 saturated heterocycles. The molecule has 1 amide bonds. The Bertz CT molecular complexity index is 1240. The number of carbonyl (C=O) groups is 2. The van der Waals surface area contributed by atoms with E-state index >= 15 is 0 Å². The zero-order valence-corrected chi connectivity index (χ0v) is 22.4. The van der Waals surface area contributed by atoms with Gasteiger partial charge >= 0.3 is 5.97 Å². The van der Waals surface area contributed by atoms with Gasteiger partial charge in [-0.05, 0) is 51.0 Å². The zero-order valence-electron chi connectivity index (χ0n) is 20.0. The fraction of sp³-hybridized carbons (Fsp3) is 0.333. The number of aromatic nitrogens is 3. The fourth-order valence-corrected chi connectivity index (χ4v) is 5.17. The van der Waals surface area contributed by atoms with Gasteiger partial charge in [0.2, 0.25) is 5.91 Å². The van der Waals surface area contributed by atoms with Gasteiger partial charge in [0.15, 0.2) is 11.0 Å². The van der Waals surface area contributed by atoms with E-state index in [4.69, 9.17) is 21.1 Å². The first kappa shape index (κ1) is 26.8. The van der Waals surface area contributed by atoms with E-state index in [1.807, 2.05) is 37.5 Å². The number of allylic oxidation sites excluding steroid dienone is 1. The normalized spacial score (nSPS) is 10.8. The number of benzene rings is 1. The van der Waals surface area contributed by atoms with Crippen molar-refractivity contribution in [3.05, 3.63) is 63.3 Å². The van der Waals surface area contributed by atoms with Gasteiger partial charge in [-0.2, -0.15) is 0 Å². The number of nitrogens with zero attached hydrogens (tertiary/aromatic N) is 3. The van der Waals surface area contributed by atoms with E-state index < -0.39 is 5.97 Å². The second-order valence-electron chi connectivity index (χ2n) is 7.57. The number of hydrogen-bond acceptors (Lipinski definition) is 8. The van der Waals surface area contributed by atoms with Gasteiger partial charge in [0.05, 0.1) is 22.9 Å². The zero-order chi connectivity index (χ0) is 25.5. The van der Waals surface area contributed by atoms with Crippen molar-refractivity contribution in [3.63, 3.8) is 0 Å². The molecule has 0 aliphatic carbocycles. The van der Waals surface area contributed by atoms with Crippen molar-refractivity contribution in [1.29, 1.82) is 0 Å². The topological polar surface area (TPSA) is 95.3 Å². The number of hydrogen-bond donors (Lipinski definition) is 1. The number of nitrogens with one attached hydrogen (secondary N) is 1. The maximum absolute atomic E-state index is 12.7. The van der Waals surface area contributed by atoms with Crippen LogP contribution in [-0.2, 0) is 22.7 Å². The van der Waals surface area contributed by atoms with Crippen LogP contribution in [0.15, 0.2) is 36.0 Å². The first-order chi connectivity index (χ1) is 16.7. The Kier molecular flexibility index (Phi) is 9.36. The lowest BCUT2D eigenvalue weighted by Gasteiger charge is -2.11. The van der Waals surface area contributed by atoms with E-state index in [2.05, 4.69) is 22.1 Å². The number of esters is 1. The molecule has 0 atom stereocenters. The standard InChI is InChI=1S/C24H27ClN4O4S2/c1-6-10-29-19(12-33-18-11-14(3)8-9-17(18)25)27-28-24(29)34-13-20(30)26-22-21(23(31)32-7-2)15(4)16(5)35-22/h6,8-9,11H,1,7,10,12-13H2,2-5H3,(H,26,30). The quantitative estimate of drug-likeness (QED) is 0.194. The number of thioether (sulfide) groups is 1. The number of amides is 1. The predicted octanol–water partition coefficient (Wildman–Crippen LogP) is 5.59. The molecule has 0 aliphatic heterocycles. The summed E-state index contributed by atoms with van der Waals surface area (Å²) in [6.07, 6.45) is 1.72. The summed E-state index contributed by atoms with van der Waals surface area (Å²) in [6, 6.07) is 5.54. The first-order valence-corrected chi connectivity index (χ1v) is 13.0. The Hall–Kier alpha value is -2.82. The lowest BCUT2D eigenvalue weighted by molar-refractivity contribution is -0.113. The van der Waals surface area contributed by atoms with E-state index in [1.165, 1.54) is 23.1 Å². The molecule has 0 aliphatic rings. The summed E-state index contributed by atoms with van der Waals surface area (Å²) in [5.41, 5.74) is 2.23. The Balaban J connectivity index is 1.68. The third kappa shape index (κ3) is 6.65. The summed E-state index contributed by atoms with van der Waals surface area (Å²) in [5, 5.41) is 12.8. The van der Waals surface area contributed by atoms with Crippen LogP contribution < -0.4 is 10.1 Å². The van der Waals surface area contributed by atoms with Crippen LogP contribution in [0, 0.1) is 20.8 Å². The number of aryl methyl sites for hydroxylation is 2. The second kappa shape index (κ2) is 12.2. The minimum absolute atomic E-state index is 0.0815. The lowest BCUT2D eigenvalue weighted by Crippen LogP contribution is -2.17. The maximum Gasteiger partial charge on any atom is 0.341 e. The van der Waals surface area contributed by atoms with Crippen LogP contribution in [0.2, 0.25) is 5.02 Å². The Labute approximate surface area is 217 Å². The minimum atomic E-state index is -0.443. The Morgan fingerprint density at radius 2 is 2.06 bits per heavy atom. The van der Waals surface area contributed by atoms with E-state index in [9.17, 15) is 9.59 Å². The third-order valence-electron chi connectivity index (χ3n) is 5.00. The number of anilines is 1. The molecule has 186 valence electrons. The molecule has 2 aromatic heterocycles. The van der Waals surface area contributed by atoms with Crippen molar-refractivity contribution in [2.24, 2.45) is 0 Å². The largest absolute Gasteiger partial charge is 0.484 e. The highest BCUT2D eigenvalue weighted by Gasteiger charge is 2.22. The highest BCUT2D eigenvalue weighted by Crippen LogP contribution is 2.33. The summed E-state index contributed by atoms with van der Waals surface area (Å²) in [5.74, 6) is 0.519. The molecule has 11 heteroatoms. The van der Waals surface area contributed by atoms with Crippen molar-refractivity contribution in [1.82, 2.24) is 14.8 Å². The molecular weight excluding hydrogens is 508 g/mol. The number of carbonyl (C=O) groups excluding carboxylic acids is 2. The molecule has 1 aromatic carbocycles. The molecule has 1 N–H and O–H groups in total. The van der Waals surface area contributed by atoms with Crippen molar-refractivity contribution in [2.45, 2.75) is 46.0 Å². The van der Waals surface area contributed by atoms with E-state index in [-0.39, 0.29) is 24.9 Å². The molecule has 0 bridgehead atoms. The second-order valence-corrected chi connectivity index (χ2v) is 10.1. The van der Waals surface area contributed by atoms with Gasteiger partial charge in [0, 0.05) is 11.4 Å². The van der Waals surface area contributed by atoms with Gasteiger partial charge < -0.3 is 14.8 Å². The van der Waals surface area contributed by atoms with E-state index in [0.29, 0.717) is 38.9 Å². The van der Waals surface area contributed by atoms with Crippen molar-refractivity contribution in [2.75, 3.05) is 17.7 Å². The van der Waals surface area contributed by atoms with E-state index in [0.717, 1.165) is 16.0 Å². The highest BCUT2D eigenvalue weighted by atomic mass is 35.5. The molecule has 3 aromatic rings. The van der Waals surface area contributed by atoms with Gasteiger partial charge in [-0.1, -0.05) is 35.5 Å². The highest BCUT2D eigenvalue weighted by molar-refractivity contribution is 7.99. The van der Waals surface area contributed by atoms with Crippen LogP contribution in [0.1, 0.15) is 39.1 Å². The van der Waals surface area contributed by atoms with Crippen LogP contribution in [0.3, 0.4) is 0 Å². The molecule has 8 nitrogen and oxygen atoms in total. The SMILES string of the molecule is C=CCn1c(COc2cc(C)ccc2Cl)nnc1SCC(=O)Nc1sc(C)c(C)c1C(=O)OCC. The summed E-state index contributed by atoms with van der Waals surface area (Å²) < 4.78 is 12.8. The Morgan fingerprint density at radius 3 is 2.77 bits per heavy atom. The van der Waals surface area contributed by atoms with Gasteiger partial charge in [-0.15, -0.1) is 28.1 Å². The Morgan fingerprint density at radius 1 is 1.29 bits per heavy atom. The summed E-state index contributed by atoms with van der Waals surface area (Å²) in [4.78, 5) is 26.0. The maximum atomic E-state index is 12.7. The molecule has 0 saturated carbocycles. The first-order valence-electron chi connectivity index (χ1n) is 10.9. The average molecular weight is 535 g/mol. The van der Waals surface area contributed by atoms with Gasteiger partial charge in [-0.3, -0.25) is 9.36 Å². The molecule has 2 heterocycles. The van der Waals surface area contributed by atoms with Crippen LogP contribution in [-0.4, -0.2) is 39.0 Å². The molecule has 3 rings (SSSR count). The molecular formula is C24H27ClN4O4S2. The summed E-state index contributed by atoms with van der Waals surface area (Å²) >= 11 is 8.80. The number of thiophene rings is 1. The third-order valence-corrected chi connectivity index (χ3v) is 7.40. The molecule has 0 fully saturated rings. The predicted molar refractivity (Wildman–Crippen MR) is 140 cm³/mol.